The molecule has 98 valence electrons. The van der Waals surface area contributed by atoms with Crippen molar-refractivity contribution in [3.63, 3.8) is 0 Å². The fourth-order valence-corrected chi connectivity index (χ4v) is 2.26. The van der Waals surface area contributed by atoms with Gasteiger partial charge in [-0.1, -0.05) is 5.16 Å². The molecule has 1 heterocycles. The maximum atomic E-state index is 11.8. The molecule has 18 heavy (non-hydrogen) atoms. The molecular formula is C12H16N2O4. The number of carboxylic acid groups (broad SMARTS) is 1. The van der Waals surface area contributed by atoms with Crippen LogP contribution in [0.1, 0.15) is 36.4 Å². The Balaban J connectivity index is 1.99. The largest absolute Gasteiger partial charge is 0.481 e. The fraction of sp³-hybridized carbons (Fsp3) is 0.583. The Hall–Kier alpha value is -1.85. The van der Waals surface area contributed by atoms with Crippen LogP contribution < -0.4 is 5.32 Å². The predicted octanol–water partition coefficient (Wildman–Crippen LogP) is 1.19. The van der Waals surface area contributed by atoms with E-state index in [1.165, 1.54) is 0 Å². The second-order valence-corrected chi connectivity index (χ2v) is 4.76. The third kappa shape index (κ3) is 2.23. The average molecular weight is 252 g/mol. The van der Waals surface area contributed by atoms with Crippen LogP contribution in [0.15, 0.2) is 4.52 Å². The molecule has 2 N–H and O–H groups in total. The van der Waals surface area contributed by atoms with Crippen LogP contribution in [0.25, 0.3) is 0 Å². The lowest BCUT2D eigenvalue weighted by molar-refractivity contribution is -0.140. The van der Waals surface area contributed by atoms with Crippen molar-refractivity contribution in [2.24, 2.45) is 11.8 Å². The molecule has 0 saturated heterocycles. The highest BCUT2D eigenvalue weighted by molar-refractivity contribution is 5.89. The minimum Gasteiger partial charge on any atom is -0.481 e. The Morgan fingerprint density at radius 2 is 2.11 bits per heavy atom. The van der Waals surface area contributed by atoms with E-state index in [1.54, 1.807) is 6.92 Å². The quantitative estimate of drug-likeness (QED) is 0.839. The van der Waals surface area contributed by atoms with Gasteiger partial charge in [-0.05, 0) is 27.2 Å². The van der Waals surface area contributed by atoms with Gasteiger partial charge in [0.2, 0.25) is 5.91 Å². The summed E-state index contributed by atoms with van der Waals surface area (Å²) in [6, 6.07) is -0.223. The van der Waals surface area contributed by atoms with Gasteiger partial charge in [-0.3, -0.25) is 9.59 Å². The van der Waals surface area contributed by atoms with Gasteiger partial charge in [0.05, 0.1) is 23.6 Å². The molecule has 1 saturated carbocycles. The number of carbonyl (C=O) groups is 2. The van der Waals surface area contributed by atoms with Crippen LogP contribution in [-0.4, -0.2) is 22.1 Å². The number of amides is 1. The lowest BCUT2D eigenvalue weighted by atomic mass is 10.1. The number of aromatic nitrogens is 1. The summed E-state index contributed by atoms with van der Waals surface area (Å²) in [7, 11) is 0. The first kappa shape index (κ1) is 12.6. The summed E-state index contributed by atoms with van der Waals surface area (Å²) < 4.78 is 5.04. The van der Waals surface area contributed by atoms with Gasteiger partial charge in [0, 0.05) is 5.56 Å². The second-order valence-electron chi connectivity index (χ2n) is 4.76. The number of hydrogen-bond donors (Lipinski definition) is 2. The molecule has 6 nitrogen and oxygen atoms in total. The van der Waals surface area contributed by atoms with Crippen molar-refractivity contribution < 1.29 is 19.2 Å². The lowest BCUT2D eigenvalue weighted by Gasteiger charge is -2.13. The van der Waals surface area contributed by atoms with E-state index in [4.69, 9.17) is 9.63 Å². The maximum absolute atomic E-state index is 11.8. The summed E-state index contributed by atoms with van der Waals surface area (Å²) in [4.78, 5) is 22.5. The van der Waals surface area contributed by atoms with Crippen molar-refractivity contribution in [2.75, 3.05) is 0 Å². The topological polar surface area (TPSA) is 92.4 Å². The van der Waals surface area contributed by atoms with E-state index >= 15 is 0 Å². The van der Waals surface area contributed by atoms with Crippen LogP contribution in [0.2, 0.25) is 0 Å². The average Bonchev–Trinajstić information content (AvgIpc) is 3.00. The van der Waals surface area contributed by atoms with Gasteiger partial charge in [-0.2, -0.15) is 0 Å². The van der Waals surface area contributed by atoms with Crippen molar-refractivity contribution in [1.29, 1.82) is 0 Å². The smallest absolute Gasteiger partial charge is 0.307 e. The van der Waals surface area contributed by atoms with Gasteiger partial charge < -0.3 is 14.9 Å². The van der Waals surface area contributed by atoms with Gasteiger partial charge in [0.15, 0.2) is 0 Å². The number of hydrogen-bond acceptors (Lipinski definition) is 4. The number of aryl methyl sites for hydroxylation is 2. The summed E-state index contributed by atoms with van der Waals surface area (Å²) in [6.45, 7) is 5.43. The molecule has 1 aliphatic carbocycles. The monoisotopic (exact) mass is 252 g/mol. The first-order chi connectivity index (χ1) is 8.41. The summed E-state index contributed by atoms with van der Waals surface area (Å²) in [6.07, 6.45) is 0.426. The van der Waals surface area contributed by atoms with Gasteiger partial charge in [0.1, 0.15) is 5.76 Å². The van der Waals surface area contributed by atoms with Crippen molar-refractivity contribution >= 4 is 11.9 Å². The fourth-order valence-electron chi connectivity index (χ4n) is 2.26. The summed E-state index contributed by atoms with van der Waals surface area (Å²) >= 11 is 0. The first-order valence-corrected chi connectivity index (χ1v) is 5.87. The third-order valence-electron chi connectivity index (χ3n) is 3.32. The molecule has 2 rings (SSSR count). The Bertz CT molecular complexity index is 475. The molecule has 6 heteroatoms. The van der Waals surface area contributed by atoms with Crippen LogP contribution in [0, 0.1) is 25.7 Å². The summed E-state index contributed by atoms with van der Waals surface area (Å²) in [5, 5.41) is 15.4. The third-order valence-corrected chi connectivity index (χ3v) is 3.32. The van der Waals surface area contributed by atoms with Gasteiger partial charge in [-0.15, -0.1) is 0 Å². The Kier molecular flexibility index (Phi) is 3.11. The molecule has 0 spiro atoms. The maximum Gasteiger partial charge on any atom is 0.307 e. The van der Waals surface area contributed by atoms with E-state index in [0.29, 0.717) is 12.2 Å². The molecule has 1 aromatic rings. The number of aliphatic carboxylic acids is 1. The van der Waals surface area contributed by atoms with E-state index in [0.717, 1.165) is 11.3 Å². The minimum atomic E-state index is -0.903. The Morgan fingerprint density at radius 3 is 2.56 bits per heavy atom. The zero-order chi connectivity index (χ0) is 13.4. The molecular weight excluding hydrogens is 236 g/mol. The SMILES string of the molecule is Cc1noc(C)c1C(C)NC(=O)[C@@H]1C[C@@H]1C(=O)O. The molecule has 0 aromatic carbocycles. The van der Waals surface area contributed by atoms with Gasteiger partial charge >= 0.3 is 5.97 Å². The Morgan fingerprint density at radius 1 is 1.44 bits per heavy atom. The van der Waals surface area contributed by atoms with E-state index in [9.17, 15) is 9.59 Å². The number of nitrogens with zero attached hydrogens (tertiary/aromatic N) is 1. The second kappa shape index (κ2) is 4.44. The molecule has 1 fully saturated rings. The normalized spacial score (nSPS) is 23.5. The van der Waals surface area contributed by atoms with Gasteiger partial charge in [0.25, 0.3) is 0 Å². The number of carbonyl (C=O) groups excluding carboxylic acids is 1. The van der Waals surface area contributed by atoms with Crippen LogP contribution in [0.5, 0.6) is 0 Å². The number of rotatable bonds is 4. The number of carboxylic acids is 1. The number of nitrogens with one attached hydrogen (secondary N) is 1. The van der Waals surface area contributed by atoms with E-state index in [1.807, 2.05) is 13.8 Å². The van der Waals surface area contributed by atoms with E-state index in [-0.39, 0.29) is 11.9 Å². The van der Waals surface area contributed by atoms with E-state index in [2.05, 4.69) is 10.5 Å². The van der Waals surface area contributed by atoms with Crippen LogP contribution in [0.4, 0.5) is 0 Å². The molecule has 0 bridgehead atoms. The van der Waals surface area contributed by atoms with Gasteiger partial charge in [-0.25, -0.2) is 0 Å². The zero-order valence-corrected chi connectivity index (χ0v) is 10.6. The van der Waals surface area contributed by atoms with Crippen molar-refractivity contribution in [1.82, 2.24) is 10.5 Å². The summed E-state index contributed by atoms with van der Waals surface area (Å²) in [5.41, 5.74) is 1.60. The van der Waals surface area contributed by atoms with Crippen LogP contribution in [0.3, 0.4) is 0 Å². The van der Waals surface area contributed by atoms with Crippen molar-refractivity contribution in [2.45, 2.75) is 33.2 Å². The van der Waals surface area contributed by atoms with Crippen molar-refractivity contribution in [3.05, 3.63) is 17.0 Å². The summed E-state index contributed by atoms with van der Waals surface area (Å²) in [5.74, 6) is -1.37. The highest BCUT2D eigenvalue weighted by atomic mass is 16.5. The molecule has 1 aromatic heterocycles. The molecule has 1 unspecified atom stereocenters. The van der Waals surface area contributed by atoms with Crippen LogP contribution in [-0.2, 0) is 9.59 Å². The first-order valence-electron chi connectivity index (χ1n) is 5.87. The molecule has 3 atom stereocenters. The van der Waals surface area contributed by atoms with Crippen molar-refractivity contribution in [3.8, 4) is 0 Å². The minimum absolute atomic E-state index is 0.213. The molecule has 1 amide bonds. The lowest BCUT2D eigenvalue weighted by Crippen LogP contribution is -2.29. The highest BCUT2D eigenvalue weighted by Gasteiger charge is 2.48. The zero-order valence-electron chi connectivity index (χ0n) is 10.6. The van der Waals surface area contributed by atoms with Crippen LogP contribution >= 0.6 is 0 Å². The molecule has 1 aliphatic rings. The molecule has 0 radical (unpaired) electrons. The standard InChI is InChI=1S/C12H16N2O4/c1-5(10-6(2)14-18-7(10)3)13-11(15)8-4-9(8)12(16)17/h5,8-9H,4H2,1-3H3,(H,13,15)(H,16,17)/t5?,8-,9+/m1/s1. The highest BCUT2D eigenvalue weighted by Crippen LogP contribution is 2.39. The van der Waals surface area contributed by atoms with E-state index < -0.39 is 17.8 Å². The molecule has 0 aliphatic heterocycles. The predicted molar refractivity (Wildman–Crippen MR) is 61.8 cm³/mol. The Labute approximate surface area is 104 Å².